The Bertz CT molecular complexity index is 386. The summed E-state index contributed by atoms with van der Waals surface area (Å²) in [6.45, 7) is 2.16. The van der Waals surface area contributed by atoms with Crippen molar-refractivity contribution in [1.29, 1.82) is 0 Å². The van der Waals surface area contributed by atoms with Crippen molar-refractivity contribution in [3.63, 3.8) is 0 Å². The molecule has 0 aromatic heterocycles. The molecule has 1 fully saturated rings. The van der Waals surface area contributed by atoms with Crippen LogP contribution in [0.5, 0.6) is 0 Å². The van der Waals surface area contributed by atoms with Gasteiger partial charge in [0.05, 0.1) is 0 Å². The topological polar surface area (TPSA) is 3.24 Å². The molecule has 4 heteroatoms. The van der Waals surface area contributed by atoms with Crippen molar-refractivity contribution in [1.82, 2.24) is 4.90 Å². The Kier molecular flexibility index (Phi) is 5.20. The van der Waals surface area contributed by atoms with Crippen LogP contribution in [-0.2, 0) is 0 Å². The van der Waals surface area contributed by atoms with Gasteiger partial charge in [-0.15, -0.1) is 0 Å². The minimum atomic E-state index is 1.08. The molecule has 1 aliphatic rings. The Morgan fingerprint density at radius 3 is 2.31 bits per heavy atom. The zero-order chi connectivity index (χ0) is 11.2. The third-order valence-electron chi connectivity index (χ3n) is 2.17. The molecule has 0 amide bonds. The number of benzene rings is 1. The molecule has 1 heterocycles. The number of nitrogens with zero attached hydrogens (tertiary/aromatic N) is 1. The van der Waals surface area contributed by atoms with Crippen LogP contribution in [0.4, 0.5) is 0 Å². The maximum absolute atomic E-state index is 3.25. The molecule has 1 nitrogen and oxygen atoms in total. The summed E-state index contributed by atoms with van der Waals surface area (Å²) in [5.41, 5.74) is 1.10. The van der Waals surface area contributed by atoms with Gasteiger partial charge in [-0.05, 0) is 52.8 Å². The molecule has 0 saturated carbocycles. The maximum Gasteiger partial charge on any atom is 0.0360 e. The monoisotopic (exact) mass is 361 g/mol. The minimum Gasteiger partial charge on any atom is -0.331 e. The highest BCUT2D eigenvalue weighted by Crippen LogP contribution is 2.23. The van der Waals surface area contributed by atoms with Gasteiger partial charge in [0.2, 0.25) is 0 Å². The minimum absolute atomic E-state index is 1.08. The molecule has 1 aromatic rings. The smallest absolute Gasteiger partial charge is 0.0360 e. The van der Waals surface area contributed by atoms with E-state index in [0.717, 1.165) is 18.7 Å². The van der Waals surface area contributed by atoms with E-state index >= 15 is 0 Å². The van der Waals surface area contributed by atoms with Gasteiger partial charge in [0, 0.05) is 39.8 Å². The quantitative estimate of drug-likeness (QED) is 0.397. The Morgan fingerprint density at radius 2 is 1.69 bits per heavy atom. The first-order valence-electron chi connectivity index (χ1n) is 5.11. The first kappa shape index (κ1) is 12.5. The first-order valence-corrected chi connectivity index (χ1v) is 8.68. The lowest BCUT2D eigenvalue weighted by molar-refractivity contribution is 0.453. The van der Waals surface area contributed by atoms with Crippen molar-refractivity contribution < 1.29 is 0 Å². The van der Waals surface area contributed by atoms with Gasteiger partial charge in [0.25, 0.3) is 0 Å². The summed E-state index contributed by atoms with van der Waals surface area (Å²) in [6, 6.07) is 11.6. The second-order valence-corrected chi connectivity index (χ2v) is 7.32. The van der Waals surface area contributed by atoms with E-state index in [-0.39, 0.29) is 0 Å². The molecule has 0 bridgehead atoms. The molecule has 0 aliphatic carbocycles. The van der Waals surface area contributed by atoms with Crippen molar-refractivity contribution in [2.45, 2.75) is 0 Å². The second kappa shape index (κ2) is 6.67. The summed E-state index contributed by atoms with van der Waals surface area (Å²) < 4.78 is 1.26. The van der Waals surface area contributed by atoms with Crippen LogP contribution in [-0.4, -0.2) is 29.5 Å². The van der Waals surface area contributed by atoms with E-state index in [9.17, 15) is 0 Å². The van der Waals surface area contributed by atoms with E-state index in [0.29, 0.717) is 0 Å². The van der Waals surface area contributed by atoms with Crippen LogP contribution >= 0.6 is 44.2 Å². The molecule has 2 rings (SSSR count). The molecule has 0 radical (unpaired) electrons. The summed E-state index contributed by atoms with van der Waals surface area (Å²) in [7, 11) is 3.90. The summed E-state index contributed by atoms with van der Waals surface area (Å²) >= 11 is 2.31. The van der Waals surface area contributed by atoms with Gasteiger partial charge in [-0.1, -0.05) is 21.6 Å². The van der Waals surface area contributed by atoms with Crippen LogP contribution in [0.2, 0.25) is 0 Å². The molecule has 1 aliphatic heterocycles. The van der Waals surface area contributed by atoms with E-state index in [1.165, 1.54) is 15.1 Å². The molecular weight excluding hydrogens is 349 g/mol. The Morgan fingerprint density at radius 1 is 1.06 bits per heavy atom. The zero-order valence-electron chi connectivity index (χ0n) is 8.78. The third kappa shape index (κ3) is 4.11. The molecule has 1 saturated heterocycles. The lowest BCUT2D eigenvalue weighted by Crippen LogP contribution is -2.21. The summed E-state index contributed by atoms with van der Waals surface area (Å²) in [6.07, 6.45) is 0. The van der Waals surface area contributed by atoms with Gasteiger partial charge >= 0.3 is 0 Å². The number of halogens is 1. The fourth-order valence-electron chi connectivity index (χ4n) is 1.31. The SMILES string of the molecule is Ic1ccc(C#CN2CCSSCC2)cc1. The highest BCUT2D eigenvalue weighted by atomic mass is 127. The Balaban J connectivity index is 1.99. The first-order chi connectivity index (χ1) is 7.84. The Hall–Kier alpha value is 0.01000. The van der Waals surface area contributed by atoms with E-state index in [1.807, 2.05) is 21.6 Å². The van der Waals surface area contributed by atoms with Crippen LogP contribution < -0.4 is 0 Å². The van der Waals surface area contributed by atoms with Gasteiger partial charge in [-0.25, -0.2) is 0 Å². The number of hydrogen-bond donors (Lipinski definition) is 0. The highest BCUT2D eigenvalue weighted by molar-refractivity contribution is 14.1. The molecule has 84 valence electrons. The van der Waals surface area contributed by atoms with Crippen LogP contribution in [0, 0.1) is 15.5 Å². The maximum atomic E-state index is 3.25. The lowest BCUT2D eigenvalue weighted by Gasteiger charge is -2.12. The van der Waals surface area contributed by atoms with E-state index in [2.05, 4.69) is 63.7 Å². The molecule has 0 atom stereocenters. The van der Waals surface area contributed by atoms with E-state index in [4.69, 9.17) is 0 Å². The molecule has 1 aromatic carbocycles. The predicted octanol–water partition coefficient (Wildman–Crippen LogP) is 3.30. The second-order valence-electron chi connectivity index (χ2n) is 3.37. The normalized spacial score (nSPS) is 16.2. The van der Waals surface area contributed by atoms with Crippen LogP contribution in [0.1, 0.15) is 5.56 Å². The standard InChI is InChI=1S/C12H12INS2/c13-12-3-1-11(2-4-12)5-6-14-7-9-15-16-10-8-14/h1-4H,7-10H2. The largest absolute Gasteiger partial charge is 0.331 e. The van der Waals surface area contributed by atoms with Gasteiger partial charge < -0.3 is 4.90 Å². The van der Waals surface area contributed by atoms with Crippen molar-refractivity contribution >= 4 is 44.2 Å². The summed E-state index contributed by atoms with van der Waals surface area (Å²) in [4.78, 5) is 2.23. The van der Waals surface area contributed by atoms with Gasteiger partial charge in [-0.3, -0.25) is 0 Å². The lowest BCUT2D eigenvalue weighted by atomic mass is 10.2. The average Bonchev–Trinajstić information content (AvgIpc) is 2.57. The molecule has 0 spiro atoms. The van der Waals surface area contributed by atoms with Crippen molar-refractivity contribution in [2.75, 3.05) is 24.6 Å². The fourth-order valence-corrected chi connectivity index (χ4v) is 3.65. The average molecular weight is 361 g/mol. The van der Waals surface area contributed by atoms with Gasteiger partial charge in [-0.2, -0.15) is 0 Å². The van der Waals surface area contributed by atoms with Crippen LogP contribution in [0.15, 0.2) is 24.3 Å². The predicted molar refractivity (Wildman–Crippen MR) is 82.5 cm³/mol. The molecule has 16 heavy (non-hydrogen) atoms. The van der Waals surface area contributed by atoms with Crippen LogP contribution in [0.25, 0.3) is 0 Å². The third-order valence-corrected chi connectivity index (χ3v) is 5.26. The summed E-state index contributed by atoms with van der Waals surface area (Å²) in [5.74, 6) is 5.57. The zero-order valence-corrected chi connectivity index (χ0v) is 12.6. The number of rotatable bonds is 0. The van der Waals surface area contributed by atoms with E-state index < -0.39 is 0 Å². The van der Waals surface area contributed by atoms with Crippen molar-refractivity contribution in [3.05, 3.63) is 33.4 Å². The number of hydrogen-bond acceptors (Lipinski definition) is 3. The highest BCUT2D eigenvalue weighted by Gasteiger charge is 2.04. The fraction of sp³-hybridized carbons (Fsp3) is 0.333. The molecular formula is C12H12INS2. The van der Waals surface area contributed by atoms with Crippen molar-refractivity contribution in [3.8, 4) is 12.0 Å². The van der Waals surface area contributed by atoms with E-state index in [1.54, 1.807) is 0 Å². The van der Waals surface area contributed by atoms with Crippen LogP contribution in [0.3, 0.4) is 0 Å². The molecule has 0 unspecified atom stereocenters. The summed E-state index contributed by atoms with van der Waals surface area (Å²) in [5, 5.41) is 0. The Labute approximate surface area is 118 Å². The van der Waals surface area contributed by atoms with Gasteiger partial charge in [0.15, 0.2) is 0 Å². The van der Waals surface area contributed by atoms with Gasteiger partial charge in [0.1, 0.15) is 0 Å². The van der Waals surface area contributed by atoms with Crippen molar-refractivity contribution in [2.24, 2.45) is 0 Å². The molecule has 0 N–H and O–H groups in total.